The monoisotopic (exact) mass is 292 g/mol. The minimum Gasteiger partial charge on any atom is -0.398 e. The second-order valence-electron chi connectivity index (χ2n) is 4.51. The van der Waals surface area contributed by atoms with Crippen LogP contribution in [0.5, 0.6) is 0 Å². The molecule has 2 rings (SSSR count). The number of hydrogen-bond acceptors (Lipinski definition) is 3. The van der Waals surface area contributed by atoms with Gasteiger partial charge in [0.15, 0.2) is 0 Å². The maximum Gasteiger partial charge on any atom is 0.0552 e. The molecule has 0 amide bonds. The molecule has 0 aliphatic heterocycles. The van der Waals surface area contributed by atoms with Crippen LogP contribution in [0.1, 0.15) is 22.4 Å². The molecule has 2 N–H and O–H groups in total. The molecular weight excluding hydrogens is 276 g/mol. The van der Waals surface area contributed by atoms with Crippen LogP contribution in [-0.4, -0.2) is 4.98 Å². The molecule has 0 aliphatic carbocycles. The van der Waals surface area contributed by atoms with Gasteiger partial charge in [-0.25, -0.2) is 0 Å². The summed E-state index contributed by atoms with van der Waals surface area (Å²) in [6, 6.07) is 7.93. The highest BCUT2D eigenvalue weighted by Gasteiger charge is 2.07. The van der Waals surface area contributed by atoms with Gasteiger partial charge in [-0.3, -0.25) is 4.98 Å². The van der Waals surface area contributed by atoms with E-state index in [4.69, 9.17) is 17.3 Å². The van der Waals surface area contributed by atoms with Crippen molar-refractivity contribution >= 4 is 29.1 Å². The van der Waals surface area contributed by atoms with E-state index in [1.165, 1.54) is 0 Å². The van der Waals surface area contributed by atoms with Gasteiger partial charge in [0.25, 0.3) is 0 Å². The molecule has 0 atom stereocenters. The molecule has 0 radical (unpaired) electrons. The third-order valence-corrected chi connectivity index (χ3v) is 4.49. The van der Waals surface area contributed by atoms with Crippen LogP contribution >= 0.6 is 23.4 Å². The number of aromatic nitrogens is 1. The number of anilines is 1. The van der Waals surface area contributed by atoms with E-state index in [0.29, 0.717) is 0 Å². The predicted molar refractivity (Wildman–Crippen MR) is 84.6 cm³/mol. The molecule has 0 spiro atoms. The first-order chi connectivity index (χ1) is 9.09. The SMILES string of the molecule is Cc1cnc(CSCc2ccccc2Cl)c(C)c1N. The lowest BCUT2D eigenvalue weighted by atomic mass is 10.1. The molecule has 0 saturated carbocycles. The fourth-order valence-corrected chi connectivity index (χ4v) is 3.15. The summed E-state index contributed by atoms with van der Waals surface area (Å²) in [7, 11) is 0. The van der Waals surface area contributed by atoms with Gasteiger partial charge in [-0.1, -0.05) is 29.8 Å². The quantitative estimate of drug-likeness (QED) is 0.909. The lowest BCUT2D eigenvalue weighted by molar-refractivity contribution is 1.11. The van der Waals surface area contributed by atoms with Gasteiger partial charge in [-0.05, 0) is 36.6 Å². The van der Waals surface area contributed by atoms with E-state index >= 15 is 0 Å². The van der Waals surface area contributed by atoms with Crippen molar-refractivity contribution in [3.63, 3.8) is 0 Å². The van der Waals surface area contributed by atoms with Crippen LogP contribution in [0.15, 0.2) is 30.5 Å². The third-order valence-electron chi connectivity index (χ3n) is 3.13. The first-order valence-corrected chi connectivity index (χ1v) is 7.64. The second kappa shape index (κ2) is 6.31. The summed E-state index contributed by atoms with van der Waals surface area (Å²) in [5.74, 6) is 1.73. The molecule has 0 saturated heterocycles. The normalized spacial score (nSPS) is 10.7. The third kappa shape index (κ3) is 3.43. The summed E-state index contributed by atoms with van der Waals surface area (Å²) < 4.78 is 0. The Bertz CT molecular complexity index is 584. The van der Waals surface area contributed by atoms with Crippen LogP contribution in [0.4, 0.5) is 5.69 Å². The first kappa shape index (κ1) is 14.2. The van der Waals surface area contributed by atoms with Gasteiger partial charge in [-0.15, -0.1) is 0 Å². The molecule has 1 aromatic carbocycles. The Balaban J connectivity index is 2.01. The molecule has 1 heterocycles. The maximum atomic E-state index is 6.13. The van der Waals surface area contributed by atoms with Crippen molar-refractivity contribution in [2.45, 2.75) is 25.4 Å². The van der Waals surface area contributed by atoms with Crippen LogP contribution in [0, 0.1) is 13.8 Å². The minimum atomic E-state index is 0.822. The van der Waals surface area contributed by atoms with Crippen molar-refractivity contribution in [2.75, 3.05) is 5.73 Å². The summed E-state index contributed by atoms with van der Waals surface area (Å²) in [5, 5.41) is 0.822. The zero-order chi connectivity index (χ0) is 13.8. The summed E-state index contributed by atoms with van der Waals surface area (Å²) in [5.41, 5.74) is 11.2. The van der Waals surface area contributed by atoms with E-state index in [2.05, 4.69) is 11.1 Å². The van der Waals surface area contributed by atoms with E-state index in [1.54, 1.807) is 11.8 Å². The maximum absolute atomic E-state index is 6.13. The number of hydrogen-bond donors (Lipinski definition) is 1. The summed E-state index contributed by atoms with van der Waals surface area (Å²) in [4.78, 5) is 4.46. The highest BCUT2D eigenvalue weighted by molar-refractivity contribution is 7.97. The van der Waals surface area contributed by atoms with E-state index < -0.39 is 0 Å². The molecule has 1 aromatic heterocycles. The Labute approximate surface area is 123 Å². The average Bonchev–Trinajstić information content (AvgIpc) is 2.41. The zero-order valence-electron chi connectivity index (χ0n) is 11.1. The van der Waals surface area contributed by atoms with Gasteiger partial charge in [0.2, 0.25) is 0 Å². The van der Waals surface area contributed by atoms with Crippen LogP contribution < -0.4 is 5.73 Å². The number of nitrogens with two attached hydrogens (primary N) is 1. The molecule has 2 aromatic rings. The van der Waals surface area contributed by atoms with Crippen molar-refractivity contribution in [1.82, 2.24) is 4.98 Å². The van der Waals surface area contributed by atoms with Gasteiger partial charge >= 0.3 is 0 Å². The van der Waals surface area contributed by atoms with Gasteiger partial charge in [-0.2, -0.15) is 11.8 Å². The van der Waals surface area contributed by atoms with Crippen molar-refractivity contribution in [3.05, 3.63) is 57.9 Å². The van der Waals surface area contributed by atoms with E-state index in [0.717, 1.165) is 44.6 Å². The lowest BCUT2D eigenvalue weighted by Crippen LogP contribution is -2.00. The number of benzene rings is 1. The van der Waals surface area contributed by atoms with Crippen LogP contribution in [0.2, 0.25) is 5.02 Å². The predicted octanol–water partition coefficient (Wildman–Crippen LogP) is 4.37. The fraction of sp³-hybridized carbons (Fsp3) is 0.267. The number of nitrogens with zero attached hydrogens (tertiary/aromatic N) is 1. The Morgan fingerprint density at radius 3 is 2.68 bits per heavy atom. The smallest absolute Gasteiger partial charge is 0.0552 e. The standard InChI is InChI=1S/C15H17ClN2S/c1-10-7-18-14(11(2)15(10)17)9-19-8-12-5-3-4-6-13(12)16/h3-7H,8-9H2,1-2H3,(H2,17,18). The highest BCUT2D eigenvalue weighted by Crippen LogP contribution is 2.25. The van der Waals surface area contributed by atoms with Crippen molar-refractivity contribution in [1.29, 1.82) is 0 Å². The van der Waals surface area contributed by atoms with Gasteiger partial charge in [0.05, 0.1) is 5.69 Å². The molecule has 19 heavy (non-hydrogen) atoms. The van der Waals surface area contributed by atoms with E-state index in [-0.39, 0.29) is 0 Å². The van der Waals surface area contributed by atoms with Crippen LogP contribution in [0.3, 0.4) is 0 Å². The second-order valence-corrected chi connectivity index (χ2v) is 5.90. The molecule has 0 fully saturated rings. The number of thioether (sulfide) groups is 1. The lowest BCUT2D eigenvalue weighted by Gasteiger charge is -2.10. The Morgan fingerprint density at radius 2 is 1.95 bits per heavy atom. The summed E-state index contributed by atoms with van der Waals surface area (Å²) >= 11 is 7.93. The molecule has 100 valence electrons. The first-order valence-electron chi connectivity index (χ1n) is 6.11. The fourth-order valence-electron chi connectivity index (χ4n) is 1.81. The Hall–Kier alpha value is -1.19. The van der Waals surface area contributed by atoms with Crippen LogP contribution in [0.25, 0.3) is 0 Å². The summed E-state index contributed by atoms with van der Waals surface area (Å²) in [6.45, 7) is 4.01. The van der Waals surface area contributed by atoms with Crippen molar-refractivity contribution < 1.29 is 0 Å². The van der Waals surface area contributed by atoms with E-state index in [1.807, 2.05) is 38.2 Å². The zero-order valence-corrected chi connectivity index (χ0v) is 12.7. The molecular formula is C15H17ClN2S. The Morgan fingerprint density at radius 1 is 1.21 bits per heavy atom. The number of rotatable bonds is 4. The highest BCUT2D eigenvalue weighted by atomic mass is 35.5. The molecule has 2 nitrogen and oxygen atoms in total. The minimum absolute atomic E-state index is 0.822. The number of pyridine rings is 1. The summed E-state index contributed by atoms with van der Waals surface area (Å²) in [6.07, 6.45) is 1.84. The van der Waals surface area contributed by atoms with Gasteiger partial charge in [0.1, 0.15) is 0 Å². The largest absolute Gasteiger partial charge is 0.398 e. The van der Waals surface area contributed by atoms with E-state index in [9.17, 15) is 0 Å². The number of aryl methyl sites for hydroxylation is 1. The molecule has 0 bridgehead atoms. The topological polar surface area (TPSA) is 38.9 Å². The average molecular weight is 293 g/mol. The number of nitrogen functional groups attached to an aromatic ring is 1. The van der Waals surface area contributed by atoms with Crippen LogP contribution in [-0.2, 0) is 11.5 Å². The Kier molecular flexibility index (Phi) is 4.72. The van der Waals surface area contributed by atoms with Gasteiger partial charge in [0, 0.05) is 28.4 Å². The number of halogens is 1. The van der Waals surface area contributed by atoms with Gasteiger partial charge < -0.3 is 5.73 Å². The van der Waals surface area contributed by atoms with Crippen molar-refractivity contribution in [2.24, 2.45) is 0 Å². The molecule has 4 heteroatoms. The molecule has 0 aliphatic rings. The molecule has 0 unspecified atom stereocenters. The van der Waals surface area contributed by atoms with Crippen molar-refractivity contribution in [3.8, 4) is 0 Å².